The van der Waals surface area contributed by atoms with Gasteiger partial charge in [0.15, 0.2) is 0 Å². The minimum absolute atomic E-state index is 0.238. The van der Waals surface area contributed by atoms with Crippen molar-refractivity contribution in [3.63, 3.8) is 0 Å². The summed E-state index contributed by atoms with van der Waals surface area (Å²) in [5.41, 5.74) is 0.740. The molecule has 1 N–H and O–H groups in total. The van der Waals surface area contributed by atoms with Gasteiger partial charge in [-0.3, -0.25) is 0 Å². The smallest absolute Gasteiger partial charge is 0.337 e. The van der Waals surface area contributed by atoms with E-state index in [-0.39, 0.29) is 11.9 Å². The van der Waals surface area contributed by atoms with E-state index in [4.69, 9.17) is 0 Å². The van der Waals surface area contributed by atoms with Gasteiger partial charge in [-0.1, -0.05) is 0 Å². The van der Waals surface area contributed by atoms with Crippen molar-refractivity contribution in [2.24, 2.45) is 0 Å². The Labute approximate surface area is 118 Å². The van der Waals surface area contributed by atoms with Gasteiger partial charge in [-0.15, -0.1) is 0 Å². The third-order valence-corrected chi connectivity index (χ3v) is 3.70. The standard InChI is InChI=1S/C15H21FN2O2/c1-18-8-3-4-12(7-9-18)17-14-10-11(15(19)20-2)5-6-13(14)16/h5-6,10,12,17H,3-4,7-9H2,1-2H3. The molecule has 1 saturated heterocycles. The molecule has 1 aromatic carbocycles. The Bertz CT molecular complexity index is 479. The first kappa shape index (κ1) is 14.8. The van der Waals surface area contributed by atoms with E-state index in [0.29, 0.717) is 11.3 Å². The van der Waals surface area contributed by atoms with Crippen molar-refractivity contribution in [2.75, 3.05) is 32.6 Å². The fourth-order valence-corrected chi connectivity index (χ4v) is 2.48. The van der Waals surface area contributed by atoms with Gasteiger partial charge in [-0.05, 0) is 57.6 Å². The van der Waals surface area contributed by atoms with Crippen LogP contribution in [0.2, 0.25) is 0 Å². The highest BCUT2D eigenvalue weighted by Gasteiger charge is 2.17. The van der Waals surface area contributed by atoms with E-state index in [1.165, 1.54) is 25.3 Å². The Kier molecular flexibility index (Phi) is 4.95. The highest BCUT2D eigenvalue weighted by atomic mass is 19.1. The van der Waals surface area contributed by atoms with Gasteiger partial charge in [0.1, 0.15) is 5.82 Å². The fourth-order valence-electron chi connectivity index (χ4n) is 2.48. The van der Waals surface area contributed by atoms with Crippen LogP contribution in [-0.4, -0.2) is 44.2 Å². The second kappa shape index (κ2) is 6.70. The van der Waals surface area contributed by atoms with Gasteiger partial charge in [0.2, 0.25) is 0 Å². The Morgan fingerprint density at radius 2 is 2.20 bits per heavy atom. The SMILES string of the molecule is COC(=O)c1ccc(F)c(NC2CCCN(C)CC2)c1. The number of carbonyl (C=O) groups is 1. The Morgan fingerprint density at radius 1 is 1.40 bits per heavy atom. The van der Waals surface area contributed by atoms with Crippen molar-refractivity contribution in [3.8, 4) is 0 Å². The number of benzene rings is 1. The lowest BCUT2D eigenvalue weighted by Gasteiger charge is -2.19. The second-order valence-corrected chi connectivity index (χ2v) is 5.26. The molecule has 2 rings (SSSR count). The van der Waals surface area contributed by atoms with Crippen LogP contribution in [0.15, 0.2) is 18.2 Å². The van der Waals surface area contributed by atoms with Crippen LogP contribution in [0.1, 0.15) is 29.6 Å². The summed E-state index contributed by atoms with van der Waals surface area (Å²) < 4.78 is 18.5. The second-order valence-electron chi connectivity index (χ2n) is 5.26. The molecule has 110 valence electrons. The predicted octanol–water partition coefficient (Wildman–Crippen LogP) is 2.51. The Balaban J connectivity index is 2.09. The molecule has 1 fully saturated rings. The van der Waals surface area contributed by atoms with Crippen molar-refractivity contribution in [3.05, 3.63) is 29.6 Å². The molecule has 1 heterocycles. The van der Waals surface area contributed by atoms with Crippen LogP contribution in [0.4, 0.5) is 10.1 Å². The number of ether oxygens (including phenoxy) is 1. The van der Waals surface area contributed by atoms with Crippen LogP contribution < -0.4 is 5.32 Å². The highest BCUT2D eigenvalue weighted by Crippen LogP contribution is 2.21. The number of nitrogens with one attached hydrogen (secondary N) is 1. The summed E-state index contributed by atoms with van der Waals surface area (Å²) in [6.07, 6.45) is 3.07. The molecule has 0 spiro atoms. The molecule has 4 nitrogen and oxygen atoms in total. The van der Waals surface area contributed by atoms with Crippen molar-refractivity contribution in [1.82, 2.24) is 4.90 Å². The molecular weight excluding hydrogens is 259 g/mol. The van der Waals surface area contributed by atoms with Gasteiger partial charge >= 0.3 is 5.97 Å². The van der Waals surface area contributed by atoms with Gasteiger partial charge in [0.05, 0.1) is 18.4 Å². The summed E-state index contributed by atoms with van der Waals surface area (Å²) in [4.78, 5) is 13.8. The minimum Gasteiger partial charge on any atom is -0.465 e. The van der Waals surface area contributed by atoms with Crippen molar-refractivity contribution >= 4 is 11.7 Å². The summed E-state index contributed by atoms with van der Waals surface area (Å²) in [5, 5.41) is 3.22. The first-order valence-electron chi connectivity index (χ1n) is 6.93. The third kappa shape index (κ3) is 3.70. The summed E-state index contributed by atoms with van der Waals surface area (Å²) >= 11 is 0. The number of halogens is 1. The molecule has 1 aliphatic rings. The van der Waals surface area contributed by atoms with Gasteiger partial charge < -0.3 is 15.0 Å². The van der Waals surface area contributed by atoms with Crippen LogP contribution >= 0.6 is 0 Å². The van der Waals surface area contributed by atoms with E-state index in [1.807, 2.05) is 0 Å². The zero-order valence-electron chi connectivity index (χ0n) is 12.0. The van der Waals surface area contributed by atoms with E-state index >= 15 is 0 Å². The molecule has 0 bridgehead atoms. The summed E-state index contributed by atoms with van der Waals surface area (Å²) in [6, 6.07) is 4.50. The van der Waals surface area contributed by atoms with Crippen molar-refractivity contribution < 1.29 is 13.9 Å². The maximum Gasteiger partial charge on any atom is 0.337 e. The molecule has 5 heteroatoms. The summed E-state index contributed by atoms with van der Waals surface area (Å²) in [6.45, 7) is 2.07. The lowest BCUT2D eigenvalue weighted by atomic mass is 10.1. The lowest BCUT2D eigenvalue weighted by Crippen LogP contribution is -2.23. The largest absolute Gasteiger partial charge is 0.465 e. The average molecular weight is 280 g/mol. The number of likely N-dealkylation sites (tertiary alicyclic amines) is 1. The lowest BCUT2D eigenvalue weighted by molar-refractivity contribution is 0.0600. The number of esters is 1. The van der Waals surface area contributed by atoms with Gasteiger partial charge in [0, 0.05) is 6.04 Å². The molecule has 1 aliphatic heterocycles. The molecule has 0 radical (unpaired) electrons. The molecule has 0 aliphatic carbocycles. The van der Waals surface area contributed by atoms with Crippen molar-refractivity contribution in [1.29, 1.82) is 0 Å². The number of nitrogens with zero attached hydrogens (tertiary/aromatic N) is 1. The van der Waals surface area contributed by atoms with Crippen molar-refractivity contribution in [2.45, 2.75) is 25.3 Å². The first-order chi connectivity index (χ1) is 9.60. The predicted molar refractivity (Wildman–Crippen MR) is 76.5 cm³/mol. The molecule has 1 unspecified atom stereocenters. The number of rotatable bonds is 3. The van der Waals surface area contributed by atoms with E-state index in [2.05, 4.69) is 22.0 Å². The molecule has 1 atom stereocenters. The third-order valence-electron chi connectivity index (χ3n) is 3.70. The number of carbonyl (C=O) groups excluding carboxylic acids is 1. The topological polar surface area (TPSA) is 41.6 Å². The number of hydrogen-bond acceptors (Lipinski definition) is 4. The van der Waals surface area contributed by atoms with Gasteiger partial charge in [-0.2, -0.15) is 0 Å². The van der Waals surface area contributed by atoms with Crippen LogP contribution in [0.3, 0.4) is 0 Å². The zero-order valence-corrected chi connectivity index (χ0v) is 12.0. The molecule has 0 saturated carbocycles. The van der Waals surface area contributed by atoms with Crippen LogP contribution in [-0.2, 0) is 4.74 Å². The zero-order chi connectivity index (χ0) is 14.5. The number of methoxy groups -OCH3 is 1. The monoisotopic (exact) mass is 280 g/mol. The summed E-state index contributed by atoms with van der Waals surface area (Å²) in [5.74, 6) is -0.788. The molecule has 0 aromatic heterocycles. The average Bonchev–Trinajstić information content (AvgIpc) is 2.65. The molecule has 20 heavy (non-hydrogen) atoms. The highest BCUT2D eigenvalue weighted by molar-refractivity contribution is 5.90. The Morgan fingerprint density at radius 3 is 2.95 bits per heavy atom. The van der Waals surface area contributed by atoms with Crippen LogP contribution in [0, 0.1) is 5.82 Å². The molecule has 1 aromatic rings. The normalized spacial score (nSPS) is 20.2. The maximum absolute atomic E-state index is 13.8. The van der Waals surface area contributed by atoms with Crippen LogP contribution in [0.5, 0.6) is 0 Å². The van der Waals surface area contributed by atoms with E-state index < -0.39 is 5.97 Å². The Hall–Kier alpha value is -1.62. The quantitative estimate of drug-likeness (QED) is 0.864. The van der Waals surface area contributed by atoms with E-state index in [0.717, 1.165) is 32.4 Å². The fraction of sp³-hybridized carbons (Fsp3) is 0.533. The van der Waals surface area contributed by atoms with Crippen LogP contribution in [0.25, 0.3) is 0 Å². The number of anilines is 1. The maximum atomic E-state index is 13.8. The molecule has 0 amide bonds. The van der Waals surface area contributed by atoms with Gasteiger partial charge in [-0.25, -0.2) is 9.18 Å². The summed E-state index contributed by atoms with van der Waals surface area (Å²) in [7, 11) is 3.42. The van der Waals surface area contributed by atoms with E-state index in [9.17, 15) is 9.18 Å². The molecular formula is C15H21FN2O2. The van der Waals surface area contributed by atoms with E-state index in [1.54, 1.807) is 0 Å². The minimum atomic E-state index is -0.450. The number of hydrogen-bond donors (Lipinski definition) is 1. The first-order valence-corrected chi connectivity index (χ1v) is 6.93. The van der Waals surface area contributed by atoms with Gasteiger partial charge in [0.25, 0.3) is 0 Å².